The average Bonchev–Trinajstić information content (AvgIpc) is 2.77. The lowest BCUT2D eigenvalue weighted by Crippen LogP contribution is -2.52. The number of rotatable bonds is 1. The second-order valence-corrected chi connectivity index (χ2v) is 6.86. The number of carbonyl (C=O) groups excluding carboxylic acids is 1. The Hall–Kier alpha value is -0.940. The molecule has 0 spiro atoms. The highest BCUT2D eigenvalue weighted by atomic mass is 32.1. The van der Waals surface area contributed by atoms with Gasteiger partial charge in [0, 0.05) is 31.1 Å². The molecule has 1 atom stereocenters. The Labute approximate surface area is 112 Å². The summed E-state index contributed by atoms with van der Waals surface area (Å²) in [5, 5.41) is 4.32. The van der Waals surface area contributed by atoms with E-state index in [1.165, 1.54) is 11.3 Å². The molecular weight excluding hydrogens is 246 g/mol. The summed E-state index contributed by atoms with van der Waals surface area (Å²) in [6.07, 6.45) is 1.72. The van der Waals surface area contributed by atoms with Gasteiger partial charge in [-0.2, -0.15) is 0 Å². The van der Waals surface area contributed by atoms with Crippen LogP contribution in [0.1, 0.15) is 42.4 Å². The highest BCUT2D eigenvalue weighted by Gasteiger charge is 2.27. The van der Waals surface area contributed by atoms with E-state index >= 15 is 0 Å². The van der Waals surface area contributed by atoms with Crippen molar-refractivity contribution in [2.24, 2.45) is 0 Å². The van der Waals surface area contributed by atoms with E-state index in [-0.39, 0.29) is 17.4 Å². The normalized spacial score (nSPS) is 21.1. The summed E-state index contributed by atoms with van der Waals surface area (Å²) in [5.41, 5.74) is 0.0122. The van der Waals surface area contributed by atoms with Gasteiger partial charge in [-0.25, -0.2) is 4.98 Å². The molecule has 1 aromatic heterocycles. The molecule has 0 bridgehead atoms. The third-order valence-corrected chi connectivity index (χ3v) is 4.53. The Morgan fingerprint density at radius 2 is 2.28 bits per heavy atom. The minimum Gasteiger partial charge on any atom is -0.333 e. The Bertz CT molecular complexity index is 436. The molecule has 1 aliphatic rings. The fraction of sp³-hybridized carbons (Fsp3) is 0.692. The van der Waals surface area contributed by atoms with Crippen molar-refractivity contribution in [3.05, 3.63) is 16.1 Å². The second-order valence-electron chi connectivity index (χ2n) is 5.83. The zero-order chi connectivity index (χ0) is 13.3. The van der Waals surface area contributed by atoms with Gasteiger partial charge < -0.3 is 10.2 Å². The third-order valence-electron chi connectivity index (χ3n) is 3.12. The highest BCUT2D eigenvalue weighted by molar-refractivity contribution is 7.13. The van der Waals surface area contributed by atoms with E-state index in [4.69, 9.17) is 0 Å². The lowest BCUT2D eigenvalue weighted by Gasteiger charge is -2.33. The maximum absolute atomic E-state index is 12.4. The summed E-state index contributed by atoms with van der Waals surface area (Å²) in [5.74, 6) is 0.122. The SMILES string of the molecule is C[C@@H]1CNCCN1C(=O)c1cnc(C(C)(C)C)s1. The van der Waals surface area contributed by atoms with Gasteiger partial charge >= 0.3 is 0 Å². The number of nitrogens with one attached hydrogen (secondary N) is 1. The standard InChI is InChI=1S/C13H21N3OS/c1-9-7-14-5-6-16(9)11(17)10-8-15-12(18-10)13(2,3)4/h8-9,14H,5-7H2,1-4H3/t9-/m1/s1. The largest absolute Gasteiger partial charge is 0.333 e. The molecule has 0 aliphatic carbocycles. The number of hydrogen-bond acceptors (Lipinski definition) is 4. The summed E-state index contributed by atoms with van der Waals surface area (Å²) in [6.45, 7) is 11.0. The van der Waals surface area contributed by atoms with Crippen LogP contribution < -0.4 is 5.32 Å². The monoisotopic (exact) mass is 267 g/mol. The molecule has 1 fully saturated rings. The van der Waals surface area contributed by atoms with Gasteiger partial charge in [-0.3, -0.25) is 4.79 Å². The Morgan fingerprint density at radius 3 is 2.83 bits per heavy atom. The fourth-order valence-electron chi connectivity index (χ4n) is 2.00. The van der Waals surface area contributed by atoms with Crippen LogP contribution in [0.4, 0.5) is 0 Å². The molecule has 0 unspecified atom stereocenters. The molecular formula is C13H21N3OS. The molecule has 0 radical (unpaired) electrons. The van der Waals surface area contributed by atoms with Gasteiger partial charge in [0.2, 0.25) is 0 Å². The first kappa shape index (κ1) is 13.5. The zero-order valence-electron chi connectivity index (χ0n) is 11.5. The Balaban J connectivity index is 2.16. The first-order chi connectivity index (χ1) is 8.39. The van der Waals surface area contributed by atoms with Crippen molar-refractivity contribution in [3.63, 3.8) is 0 Å². The average molecular weight is 267 g/mol. The van der Waals surface area contributed by atoms with Gasteiger partial charge in [0.1, 0.15) is 4.88 Å². The van der Waals surface area contributed by atoms with E-state index in [1.807, 2.05) is 4.90 Å². The van der Waals surface area contributed by atoms with Crippen molar-refractivity contribution in [3.8, 4) is 0 Å². The van der Waals surface area contributed by atoms with Crippen molar-refractivity contribution < 1.29 is 4.79 Å². The van der Waals surface area contributed by atoms with E-state index in [9.17, 15) is 4.79 Å². The molecule has 5 heteroatoms. The molecule has 1 saturated heterocycles. The molecule has 1 amide bonds. The molecule has 1 aromatic rings. The molecule has 4 nitrogen and oxygen atoms in total. The third kappa shape index (κ3) is 2.72. The molecule has 0 saturated carbocycles. The maximum Gasteiger partial charge on any atom is 0.265 e. The van der Waals surface area contributed by atoms with E-state index in [1.54, 1.807) is 6.20 Å². The second kappa shape index (κ2) is 4.97. The van der Waals surface area contributed by atoms with Crippen molar-refractivity contribution in [1.29, 1.82) is 0 Å². The molecule has 1 aliphatic heterocycles. The summed E-state index contributed by atoms with van der Waals surface area (Å²) in [7, 11) is 0. The van der Waals surface area contributed by atoms with Gasteiger partial charge in [0.25, 0.3) is 5.91 Å². The summed E-state index contributed by atoms with van der Waals surface area (Å²) in [4.78, 5) is 19.5. The number of aromatic nitrogens is 1. The van der Waals surface area contributed by atoms with Crippen LogP contribution in [-0.2, 0) is 5.41 Å². The predicted molar refractivity (Wildman–Crippen MR) is 74.2 cm³/mol. The summed E-state index contributed by atoms with van der Waals surface area (Å²) < 4.78 is 0. The van der Waals surface area contributed by atoms with Crippen LogP contribution in [0.25, 0.3) is 0 Å². The van der Waals surface area contributed by atoms with Gasteiger partial charge in [0.05, 0.1) is 11.2 Å². The molecule has 1 N–H and O–H groups in total. The van der Waals surface area contributed by atoms with Crippen molar-refractivity contribution in [1.82, 2.24) is 15.2 Å². The summed E-state index contributed by atoms with van der Waals surface area (Å²) in [6, 6.07) is 0.256. The van der Waals surface area contributed by atoms with Crippen LogP contribution >= 0.6 is 11.3 Å². The molecule has 2 rings (SSSR count). The van der Waals surface area contributed by atoms with Gasteiger partial charge in [-0.05, 0) is 6.92 Å². The summed E-state index contributed by atoms with van der Waals surface area (Å²) >= 11 is 1.52. The number of amides is 1. The maximum atomic E-state index is 12.4. The van der Waals surface area contributed by atoms with E-state index in [2.05, 4.69) is 38.0 Å². The first-order valence-corrected chi connectivity index (χ1v) is 7.19. The van der Waals surface area contributed by atoms with Crippen LogP contribution in [0, 0.1) is 0 Å². The smallest absolute Gasteiger partial charge is 0.265 e. The number of carbonyl (C=O) groups is 1. The Kier molecular flexibility index (Phi) is 3.73. The van der Waals surface area contributed by atoms with E-state index in [0.717, 1.165) is 29.5 Å². The van der Waals surface area contributed by atoms with Gasteiger partial charge in [-0.1, -0.05) is 20.8 Å². The van der Waals surface area contributed by atoms with Crippen LogP contribution in [0.2, 0.25) is 0 Å². The first-order valence-electron chi connectivity index (χ1n) is 6.37. The van der Waals surface area contributed by atoms with Crippen molar-refractivity contribution >= 4 is 17.2 Å². The van der Waals surface area contributed by atoms with E-state index < -0.39 is 0 Å². The molecule has 100 valence electrons. The topological polar surface area (TPSA) is 45.2 Å². The lowest BCUT2D eigenvalue weighted by atomic mass is 9.98. The molecule has 0 aromatic carbocycles. The van der Waals surface area contributed by atoms with Crippen LogP contribution in [0.15, 0.2) is 6.20 Å². The zero-order valence-corrected chi connectivity index (χ0v) is 12.3. The minimum atomic E-state index is 0.0122. The van der Waals surface area contributed by atoms with Gasteiger partial charge in [0.15, 0.2) is 0 Å². The molecule has 18 heavy (non-hydrogen) atoms. The number of thiazole rings is 1. The molecule has 2 heterocycles. The number of nitrogens with zero attached hydrogens (tertiary/aromatic N) is 2. The fourth-order valence-corrected chi connectivity index (χ4v) is 2.93. The number of hydrogen-bond donors (Lipinski definition) is 1. The number of piperazine rings is 1. The highest BCUT2D eigenvalue weighted by Crippen LogP contribution is 2.27. The van der Waals surface area contributed by atoms with Crippen molar-refractivity contribution in [2.45, 2.75) is 39.2 Å². The van der Waals surface area contributed by atoms with E-state index in [0.29, 0.717) is 0 Å². The van der Waals surface area contributed by atoms with Gasteiger partial charge in [-0.15, -0.1) is 11.3 Å². The minimum absolute atomic E-state index is 0.0122. The predicted octanol–water partition coefficient (Wildman–Crippen LogP) is 1.87. The van der Waals surface area contributed by atoms with Crippen LogP contribution in [-0.4, -0.2) is 41.5 Å². The van der Waals surface area contributed by atoms with Crippen molar-refractivity contribution in [2.75, 3.05) is 19.6 Å². The Morgan fingerprint density at radius 1 is 1.56 bits per heavy atom. The quantitative estimate of drug-likeness (QED) is 0.845. The lowest BCUT2D eigenvalue weighted by molar-refractivity contribution is 0.0660. The van der Waals surface area contributed by atoms with Crippen LogP contribution in [0.5, 0.6) is 0 Å². The van der Waals surface area contributed by atoms with Crippen LogP contribution in [0.3, 0.4) is 0 Å².